The SMILES string of the molecule is C#CCC(NC(=O)c1ccc2c(c1)CCN2)C(=O)O. The average molecular weight is 258 g/mol. The number of carboxylic acids is 1. The van der Waals surface area contributed by atoms with Crippen LogP contribution in [0.3, 0.4) is 0 Å². The van der Waals surface area contributed by atoms with E-state index >= 15 is 0 Å². The van der Waals surface area contributed by atoms with Gasteiger partial charge in [-0.05, 0) is 30.2 Å². The summed E-state index contributed by atoms with van der Waals surface area (Å²) in [5, 5.41) is 14.6. The molecule has 3 N–H and O–H groups in total. The second-order valence-electron chi connectivity index (χ2n) is 4.32. The smallest absolute Gasteiger partial charge is 0.327 e. The number of carboxylic acid groups (broad SMARTS) is 1. The van der Waals surface area contributed by atoms with E-state index in [0.29, 0.717) is 5.56 Å². The van der Waals surface area contributed by atoms with Crippen LogP contribution in [-0.4, -0.2) is 29.6 Å². The third-order valence-electron chi connectivity index (χ3n) is 3.00. The first-order valence-electron chi connectivity index (χ1n) is 5.95. The second kappa shape index (κ2) is 5.44. The summed E-state index contributed by atoms with van der Waals surface area (Å²) in [6.07, 6.45) is 5.91. The van der Waals surface area contributed by atoms with Crippen LogP contribution in [0.4, 0.5) is 5.69 Å². The van der Waals surface area contributed by atoms with E-state index in [4.69, 9.17) is 11.5 Å². The van der Waals surface area contributed by atoms with E-state index < -0.39 is 17.9 Å². The molecular formula is C14H14N2O3. The lowest BCUT2D eigenvalue weighted by Gasteiger charge is -2.12. The molecule has 1 aromatic rings. The Morgan fingerprint density at radius 1 is 1.53 bits per heavy atom. The number of hydrogen-bond donors (Lipinski definition) is 3. The van der Waals surface area contributed by atoms with Crippen molar-refractivity contribution in [3.05, 3.63) is 29.3 Å². The number of rotatable bonds is 4. The maximum Gasteiger partial charge on any atom is 0.327 e. The lowest BCUT2D eigenvalue weighted by Crippen LogP contribution is -2.40. The van der Waals surface area contributed by atoms with Gasteiger partial charge >= 0.3 is 5.97 Å². The molecule has 0 radical (unpaired) electrons. The van der Waals surface area contributed by atoms with Crippen LogP contribution in [0.2, 0.25) is 0 Å². The van der Waals surface area contributed by atoms with Crippen molar-refractivity contribution in [2.75, 3.05) is 11.9 Å². The summed E-state index contributed by atoms with van der Waals surface area (Å²) in [4.78, 5) is 22.9. The first kappa shape index (κ1) is 13.0. The van der Waals surface area contributed by atoms with Gasteiger partial charge in [0.1, 0.15) is 6.04 Å². The molecule has 0 fully saturated rings. The third-order valence-corrected chi connectivity index (χ3v) is 3.00. The monoisotopic (exact) mass is 258 g/mol. The molecule has 1 amide bonds. The van der Waals surface area contributed by atoms with Gasteiger partial charge in [0.25, 0.3) is 5.91 Å². The summed E-state index contributed by atoms with van der Waals surface area (Å²) in [6.45, 7) is 0.856. The fourth-order valence-electron chi connectivity index (χ4n) is 2.01. The predicted molar refractivity (Wildman–Crippen MR) is 71.0 cm³/mol. The van der Waals surface area contributed by atoms with Gasteiger partial charge in [0.2, 0.25) is 0 Å². The Morgan fingerprint density at radius 2 is 2.32 bits per heavy atom. The minimum absolute atomic E-state index is 0.0342. The number of carbonyl (C=O) groups excluding carboxylic acids is 1. The zero-order valence-electron chi connectivity index (χ0n) is 10.3. The second-order valence-corrected chi connectivity index (χ2v) is 4.32. The Balaban J connectivity index is 2.11. The molecule has 19 heavy (non-hydrogen) atoms. The van der Waals surface area contributed by atoms with Crippen molar-refractivity contribution in [1.82, 2.24) is 5.32 Å². The molecule has 1 atom stereocenters. The third kappa shape index (κ3) is 2.86. The van der Waals surface area contributed by atoms with Gasteiger partial charge in [-0.3, -0.25) is 4.79 Å². The number of benzene rings is 1. The molecule has 5 nitrogen and oxygen atoms in total. The predicted octanol–water partition coefficient (Wildman–Crippen LogP) is 0.861. The quantitative estimate of drug-likeness (QED) is 0.700. The molecule has 1 unspecified atom stereocenters. The van der Waals surface area contributed by atoms with E-state index in [0.717, 1.165) is 24.2 Å². The molecule has 98 valence electrons. The lowest BCUT2D eigenvalue weighted by atomic mass is 10.1. The first-order valence-corrected chi connectivity index (χ1v) is 5.95. The van der Waals surface area contributed by atoms with E-state index in [9.17, 15) is 9.59 Å². The van der Waals surface area contributed by atoms with Crippen molar-refractivity contribution >= 4 is 17.6 Å². The van der Waals surface area contributed by atoms with Crippen LogP contribution in [-0.2, 0) is 11.2 Å². The topological polar surface area (TPSA) is 78.4 Å². The molecular weight excluding hydrogens is 244 g/mol. The highest BCUT2D eigenvalue weighted by atomic mass is 16.4. The van der Waals surface area contributed by atoms with Crippen LogP contribution in [0.5, 0.6) is 0 Å². The van der Waals surface area contributed by atoms with Crippen LogP contribution in [0.1, 0.15) is 22.3 Å². The van der Waals surface area contributed by atoms with Gasteiger partial charge in [-0.2, -0.15) is 0 Å². The Labute approximate surface area is 111 Å². The zero-order chi connectivity index (χ0) is 13.8. The molecule has 1 heterocycles. The molecule has 2 rings (SSSR count). The average Bonchev–Trinajstić information content (AvgIpc) is 2.85. The van der Waals surface area contributed by atoms with E-state index in [1.54, 1.807) is 12.1 Å². The molecule has 0 saturated carbocycles. The van der Waals surface area contributed by atoms with Crippen LogP contribution in [0.25, 0.3) is 0 Å². The highest BCUT2D eigenvalue weighted by Crippen LogP contribution is 2.22. The number of fused-ring (bicyclic) bond motifs is 1. The Kier molecular flexibility index (Phi) is 3.71. The van der Waals surface area contributed by atoms with Crippen molar-refractivity contribution in [3.8, 4) is 12.3 Å². The normalized spacial score (nSPS) is 13.8. The van der Waals surface area contributed by atoms with Crippen LogP contribution >= 0.6 is 0 Å². The molecule has 1 aliphatic heterocycles. The van der Waals surface area contributed by atoms with Crippen molar-refractivity contribution in [2.45, 2.75) is 18.9 Å². The molecule has 0 aromatic heterocycles. The zero-order valence-corrected chi connectivity index (χ0v) is 10.3. The number of carbonyl (C=O) groups is 2. The number of hydrogen-bond acceptors (Lipinski definition) is 3. The fraction of sp³-hybridized carbons (Fsp3) is 0.286. The van der Waals surface area contributed by atoms with Gasteiger partial charge in [-0.15, -0.1) is 12.3 Å². The lowest BCUT2D eigenvalue weighted by molar-refractivity contribution is -0.139. The van der Waals surface area contributed by atoms with Gasteiger partial charge in [-0.25, -0.2) is 4.79 Å². The number of aliphatic carboxylic acids is 1. The summed E-state index contributed by atoms with van der Waals surface area (Å²) in [6, 6.07) is 4.22. The molecule has 1 aliphatic rings. The minimum Gasteiger partial charge on any atom is -0.480 e. The molecule has 0 saturated heterocycles. The van der Waals surface area contributed by atoms with Crippen LogP contribution in [0.15, 0.2) is 18.2 Å². The van der Waals surface area contributed by atoms with Crippen molar-refractivity contribution in [3.63, 3.8) is 0 Å². The number of terminal acetylenes is 1. The van der Waals surface area contributed by atoms with Crippen molar-refractivity contribution in [1.29, 1.82) is 0 Å². The highest BCUT2D eigenvalue weighted by molar-refractivity contribution is 5.97. The van der Waals surface area contributed by atoms with Crippen LogP contribution in [0, 0.1) is 12.3 Å². The Hall–Kier alpha value is -2.48. The highest BCUT2D eigenvalue weighted by Gasteiger charge is 2.20. The largest absolute Gasteiger partial charge is 0.480 e. The number of anilines is 1. The summed E-state index contributed by atoms with van der Waals surface area (Å²) >= 11 is 0. The van der Waals surface area contributed by atoms with Gasteiger partial charge < -0.3 is 15.7 Å². The fourth-order valence-corrected chi connectivity index (χ4v) is 2.01. The molecule has 0 spiro atoms. The van der Waals surface area contributed by atoms with Crippen LogP contribution < -0.4 is 10.6 Å². The van der Waals surface area contributed by atoms with E-state index in [2.05, 4.69) is 16.6 Å². The molecule has 0 bridgehead atoms. The van der Waals surface area contributed by atoms with Gasteiger partial charge in [0.15, 0.2) is 0 Å². The Morgan fingerprint density at radius 3 is 3.00 bits per heavy atom. The summed E-state index contributed by atoms with van der Waals surface area (Å²) in [5.41, 5.74) is 2.54. The first-order chi connectivity index (χ1) is 9.11. The van der Waals surface area contributed by atoms with Crippen molar-refractivity contribution in [2.24, 2.45) is 0 Å². The van der Waals surface area contributed by atoms with Gasteiger partial charge in [0, 0.05) is 24.2 Å². The van der Waals surface area contributed by atoms with E-state index in [1.165, 1.54) is 0 Å². The van der Waals surface area contributed by atoms with Crippen molar-refractivity contribution < 1.29 is 14.7 Å². The molecule has 0 aliphatic carbocycles. The molecule has 5 heteroatoms. The summed E-state index contributed by atoms with van der Waals surface area (Å²) in [7, 11) is 0. The maximum atomic E-state index is 12.0. The number of nitrogens with one attached hydrogen (secondary N) is 2. The van der Waals surface area contributed by atoms with E-state index in [-0.39, 0.29) is 6.42 Å². The summed E-state index contributed by atoms with van der Waals surface area (Å²) in [5.74, 6) is 0.693. The van der Waals surface area contributed by atoms with E-state index in [1.807, 2.05) is 6.07 Å². The Bertz CT molecular complexity index is 560. The minimum atomic E-state index is -1.13. The van der Waals surface area contributed by atoms with Gasteiger partial charge in [0.05, 0.1) is 0 Å². The number of amides is 1. The van der Waals surface area contributed by atoms with Gasteiger partial charge in [-0.1, -0.05) is 0 Å². The standard InChI is InChI=1S/C14H14N2O3/c1-2-3-12(14(18)19)16-13(17)10-4-5-11-9(8-10)6-7-15-11/h1,4-5,8,12,15H,3,6-7H2,(H,16,17)(H,18,19). The maximum absolute atomic E-state index is 12.0. The summed E-state index contributed by atoms with van der Waals surface area (Å²) < 4.78 is 0. The molecule has 1 aromatic carbocycles.